The van der Waals surface area contributed by atoms with Crippen LogP contribution in [0.3, 0.4) is 0 Å². The van der Waals surface area contributed by atoms with E-state index in [2.05, 4.69) is 19.2 Å². The lowest BCUT2D eigenvalue weighted by Gasteiger charge is -2.07. The molecule has 13 heavy (non-hydrogen) atoms. The third-order valence-electron chi connectivity index (χ3n) is 1.70. The Morgan fingerprint density at radius 1 is 1.08 bits per heavy atom. The molecule has 0 atom stereocenters. The highest BCUT2D eigenvalue weighted by Gasteiger charge is 1.92. The van der Waals surface area contributed by atoms with Crippen LogP contribution in [0.15, 0.2) is 0 Å². The molecule has 0 unspecified atom stereocenters. The van der Waals surface area contributed by atoms with Gasteiger partial charge >= 0.3 is 0 Å². The molecule has 0 heterocycles. The summed E-state index contributed by atoms with van der Waals surface area (Å²) in [6.07, 6.45) is 2.31. The average molecular weight is 189 g/mol. The van der Waals surface area contributed by atoms with Gasteiger partial charge in [0.2, 0.25) is 0 Å². The number of hydrogen-bond acceptors (Lipinski definition) is 3. The number of nitrogens with one attached hydrogen (secondary N) is 1. The third-order valence-corrected chi connectivity index (χ3v) is 1.70. The zero-order chi connectivity index (χ0) is 9.94. The van der Waals surface area contributed by atoms with Crippen molar-refractivity contribution in [3.63, 3.8) is 0 Å². The van der Waals surface area contributed by atoms with Crippen molar-refractivity contribution in [2.24, 2.45) is 0 Å². The van der Waals surface area contributed by atoms with Gasteiger partial charge in [-0.15, -0.1) is 0 Å². The van der Waals surface area contributed by atoms with E-state index < -0.39 is 0 Å². The SMILES string of the molecule is COCCOCCCCNC(C)C. The molecule has 0 aromatic carbocycles. The van der Waals surface area contributed by atoms with Gasteiger partial charge in [-0.05, 0) is 19.4 Å². The summed E-state index contributed by atoms with van der Waals surface area (Å²) in [5.74, 6) is 0. The molecule has 0 fully saturated rings. The Kier molecular flexibility index (Phi) is 9.87. The van der Waals surface area contributed by atoms with Crippen LogP contribution in [0.4, 0.5) is 0 Å². The van der Waals surface area contributed by atoms with E-state index in [1.807, 2.05) is 0 Å². The van der Waals surface area contributed by atoms with E-state index >= 15 is 0 Å². The van der Waals surface area contributed by atoms with E-state index in [-0.39, 0.29) is 0 Å². The molecular weight excluding hydrogens is 166 g/mol. The lowest BCUT2D eigenvalue weighted by molar-refractivity contribution is 0.0688. The highest BCUT2D eigenvalue weighted by atomic mass is 16.5. The normalized spacial score (nSPS) is 11.1. The first-order chi connectivity index (χ1) is 6.27. The average Bonchev–Trinajstić information content (AvgIpc) is 2.09. The maximum Gasteiger partial charge on any atom is 0.0700 e. The summed E-state index contributed by atoms with van der Waals surface area (Å²) >= 11 is 0. The molecule has 3 heteroatoms. The van der Waals surface area contributed by atoms with Crippen LogP contribution in [0, 0.1) is 0 Å². The molecule has 80 valence electrons. The van der Waals surface area contributed by atoms with Crippen LogP contribution in [0.1, 0.15) is 26.7 Å². The minimum Gasteiger partial charge on any atom is -0.382 e. The first-order valence-electron chi connectivity index (χ1n) is 5.07. The fourth-order valence-electron chi connectivity index (χ4n) is 0.964. The fourth-order valence-corrected chi connectivity index (χ4v) is 0.964. The molecule has 0 aliphatic carbocycles. The van der Waals surface area contributed by atoms with Crippen LogP contribution < -0.4 is 5.32 Å². The van der Waals surface area contributed by atoms with Gasteiger partial charge in [-0.2, -0.15) is 0 Å². The molecule has 0 aromatic heterocycles. The van der Waals surface area contributed by atoms with Gasteiger partial charge in [0.1, 0.15) is 0 Å². The Morgan fingerprint density at radius 3 is 2.46 bits per heavy atom. The van der Waals surface area contributed by atoms with Crippen LogP contribution >= 0.6 is 0 Å². The molecule has 0 spiro atoms. The van der Waals surface area contributed by atoms with Crippen molar-refractivity contribution in [3.8, 4) is 0 Å². The van der Waals surface area contributed by atoms with Gasteiger partial charge in [-0.25, -0.2) is 0 Å². The van der Waals surface area contributed by atoms with E-state index in [1.165, 1.54) is 6.42 Å². The topological polar surface area (TPSA) is 30.5 Å². The summed E-state index contributed by atoms with van der Waals surface area (Å²) in [5, 5.41) is 3.37. The van der Waals surface area contributed by atoms with Crippen LogP contribution in [0.2, 0.25) is 0 Å². The molecule has 0 saturated heterocycles. The Bertz CT molecular complexity index is 96.9. The van der Waals surface area contributed by atoms with Crippen molar-refractivity contribution in [2.45, 2.75) is 32.7 Å². The Labute approximate surface area is 81.8 Å². The lowest BCUT2D eigenvalue weighted by Crippen LogP contribution is -2.23. The summed E-state index contributed by atoms with van der Waals surface area (Å²) in [6, 6.07) is 0.592. The van der Waals surface area contributed by atoms with Gasteiger partial charge in [0.25, 0.3) is 0 Å². The summed E-state index contributed by atoms with van der Waals surface area (Å²) in [7, 11) is 1.69. The number of rotatable bonds is 9. The van der Waals surface area contributed by atoms with Gasteiger partial charge in [0, 0.05) is 19.8 Å². The van der Waals surface area contributed by atoms with Gasteiger partial charge in [0.05, 0.1) is 13.2 Å². The van der Waals surface area contributed by atoms with Gasteiger partial charge in [-0.1, -0.05) is 13.8 Å². The maximum atomic E-state index is 5.33. The van der Waals surface area contributed by atoms with E-state index in [1.54, 1.807) is 7.11 Å². The predicted octanol–water partition coefficient (Wildman–Crippen LogP) is 1.43. The van der Waals surface area contributed by atoms with Crippen molar-refractivity contribution >= 4 is 0 Å². The van der Waals surface area contributed by atoms with Crippen LogP contribution in [0.25, 0.3) is 0 Å². The second-order valence-electron chi connectivity index (χ2n) is 3.42. The van der Waals surface area contributed by atoms with Gasteiger partial charge < -0.3 is 14.8 Å². The molecule has 0 aliphatic heterocycles. The number of ether oxygens (including phenoxy) is 2. The molecular formula is C10H23NO2. The maximum absolute atomic E-state index is 5.33. The Morgan fingerprint density at radius 2 is 1.85 bits per heavy atom. The zero-order valence-corrected chi connectivity index (χ0v) is 9.14. The molecule has 0 amide bonds. The van der Waals surface area contributed by atoms with Crippen LogP contribution in [-0.2, 0) is 9.47 Å². The van der Waals surface area contributed by atoms with E-state index in [0.29, 0.717) is 19.3 Å². The van der Waals surface area contributed by atoms with Crippen molar-refractivity contribution in [3.05, 3.63) is 0 Å². The van der Waals surface area contributed by atoms with Crippen molar-refractivity contribution in [2.75, 3.05) is 33.5 Å². The van der Waals surface area contributed by atoms with Crippen molar-refractivity contribution in [1.82, 2.24) is 5.32 Å². The third kappa shape index (κ3) is 11.9. The van der Waals surface area contributed by atoms with Crippen molar-refractivity contribution < 1.29 is 9.47 Å². The zero-order valence-electron chi connectivity index (χ0n) is 9.14. The van der Waals surface area contributed by atoms with E-state index in [0.717, 1.165) is 19.6 Å². The molecule has 0 saturated carbocycles. The van der Waals surface area contributed by atoms with Crippen molar-refractivity contribution in [1.29, 1.82) is 0 Å². The summed E-state index contributed by atoms with van der Waals surface area (Å²) < 4.78 is 10.2. The largest absolute Gasteiger partial charge is 0.382 e. The molecule has 0 rings (SSSR count). The molecule has 0 aliphatic rings. The number of hydrogen-bond donors (Lipinski definition) is 1. The van der Waals surface area contributed by atoms with Gasteiger partial charge in [-0.3, -0.25) is 0 Å². The molecule has 0 bridgehead atoms. The summed E-state index contributed by atoms with van der Waals surface area (Å²) in [6.45, 7) is 7.68. The summed E-state index contributed by atoms with van der Waals surface area (Å²) in [4.78, 5) is 0. The molecule has 3 nitrogen and oxygen atoms in total. The predicted molar refractivity (Wildman–Crippen MR) is 55.1 cm³/mol. The van der Waals surface area contributed by atoms with E-state index in [4.69, 9.17) is 9.47 Å². The minimum absolute atomic E-state index is 0.592. The molecule has 1 N–H and O–H groups in total. The number of methoxy groups -OCH3 is 1. The first kappa shape index (κ1) is 12.9. The smallest absolute Gasteiger partial charge is 0.0700 e. The number of unbranched alkanes of at least 4 members (excludes halogenated alkanes) is 1. The molecule has 0 radical (unpaired) electrons. The standard InChI is InChI=1S/C10H23NO2/c1-10(2)11-6-4-5-7-13-9-8-12-3/h10-11H,4-9H2,1-3H3. The molecule has 0 aromatic rings. The fraction of sp³-hybridized carbons (Fsp3) is 1.00. The monoisotopic (exact) mass is 189 g/mol. The Hall–Kier alpha value is -0.120. The highest BCUT2D eigenvalue weighted by molar-refractivity contribution is 4.52. The highest BCUT2D eigenvalue weighted by Crippen LogP contribution is 1.89. The second kappa shape index (κ2) is 9.96. The van der Waals surface area contributed by atoms with Crippen LogP contribution in [0.5, 0.6) is 0 Å². The second-order valence-corrected chi connectivity index (χ2v) is 3.42. The van der Waals surface area contributed by atoms with Crippen LogP contribution in [-0.4, -0.2) is 39.5 Å². The lowest BCUT2D eigenvalue weighted by atomic mass is 10.3. The van der Waals surface area contributed by atoms with Gasteiger partial charge in [0.15, 0.2) is 0 Å². The first-order valence-corrected chi connectivity index (χ1v) is 5.07. The quantitative estimate of drug-likeness (QED) is 0.557. The Balaban J connectivity index is 2.84. The van der Waals surface area contributed by atoms with E-state index in [9.17, 15) is 0 Å². The summed E-state index contributed by atoms with van der Waals surface area (Å²) in [5.41, 5.74) is 0. The minimum atomic E-state index is 0.592.